The van der Waals surface area contributed by atoms with E-state index in [9.17, 15) is 4.79 Å². The summed E-state index contributed by atoms with van der Waals surface area (Å²) in [4.78, 5) is 21.8. The largest absolute Gasteiger partial charge is 0.443 e. The Labute approximate surface area is 164 Å². The van der Waals surface area contributed by atoms with Crippen LogP contribution in [0.2, 0.25) is 0 Å². The van der Waals surface area contributed by atoms with Crippen LogP contribution in [0.3, 0.4) is 0 Å². The molecule has 5 heteroatoms. The van der Waals surface area contributed by atoms with Crippen LogP contribution in [0.5, 0.6) is 0 Å². The van der Waals surface area contributed by atoms with Crippen LogP contribution >= 0.6 is 0 Å². The number of amides is 1. The number of pyridine rings is 1. The Morgan fingerprint density at radius 3 is 2.59 bits per heavy atom. The fourth-order valence-corrected chi connectivity index (χ4v) is 3.96. The standard InChI is InChI=1S/C22H35N3O2/c1-5-6-14-24-15-8-11-19(24)17-12-13-20(23-16-17)25(18-9-7-10-18)21(26)27-22(2,3)4/h12-13,16,18-19H,5-11,14-15H2,1-4H3. The van der Waals surface area contributed by atoms with Crippen molar-refractivity contribution >= 4 is 11.9 Å². The average molecular weight is 374 g/mol. The van der Waals surface area contributed by atoms with Gasteiger partial charge in [-0.25, -0.2) is 9.78 Å². The summed E-state index contributed by atoms with van der Waals surface area (Å²) in [6.45, 7) is 10.3. The summed E-state index contributed by atoms with van der Waals surface area (Å²) in [6, 6.07) is 4.85. The lowest BCUT2D eigenvalue weighted by atomic mass is 9.91. The molecule has 3 rings (SSSR count). The molecule has 0 bridgehead atoms. The zero-order chi connectivity index (χ0) is 19.4. The van der Waals surface area contributed by atoms with Crippen LogP contribution in [-0.4, -0.2) is 40.7 Å². The van der Waals surface area contributed by atoms with E-state index in [1.54, 1.807) is 4.90 Å². The molecule has 2 heterocycles. The number of hydrogen-bond donors (Lipinski definition) is 0. The highest BCUT2D eigenvalue weighted by molar-refractivity contribution is 5.87. The van der Waals surface area contributed by atoms with E-state index in [1.165, 1.54) is 37.8 Å². The number of nitrogens with zero attached hydrogens (tertiary/aromatic N) is 3. The highest BCUT2D eigenvalue weighted by Gasteiger charge is 2.34. The van der Waals surface area contributed by atoms with Gasteiger partial charge in [0.15, 0.2) is 0 Å². The molecular weight excluding hydrogens is 338 g/mol. The number of hydrogen-bond acceptors (Lipinski definition) is 4. The molecule has 1 unspecified atom stereocenters. The summed E-state index contributed by atoms with van der Waals surface area (Å²) in [5.74, 6) is 0.718. The first-order valence-corrected chi connectivity index (χ1v) is 10.6. The maximum absolute atomic E-state index is 12.8. The van der Waals surface area contributed by atoms with Crippen LogP contribution in [0.25, 0.3) is 0 Å². The first-order valence-electron chi connectivity index (χ1n) is 10.6. The minimum atomic E-state index is -0.497. The summed E-state index contributed by atoms with van der Waals surface area (Å²) in [6.07, 6.45) is 9.83. The van der Waals surface area contributed by atoms with Crippen molar-refractivity contribution in [3.05, 3.63) is 23.9 Å². The molecule has 0 N–H and O–H groups in total. The van der Waals surface area contributed by atoms with E-state index in [0.29, 0.717) is 6.04 Å². The second kappa shape index (κ2) is 8.59. The van der Waals surface area contributed by atoms with Gasteiger partial charge in [0.1, 0.15) is 11.4 Å². The monoisotopic (exact) mass is 373 g/mol. The molecule has 2 aliphatic rings. The Morgan fingerprint density at radius 1 is 1.26 bits per heavy atom. The Hall–Kier alpha value is -1.62. The minimum absolute atomic E-state index is 0.214. The van der Waals surface area contributed by atoms with Gasteiger partial charge in [0.05, 0.1) is 0 Å². The van der Waals surface area contributed by atoms with E-state index < -0.39 is 5.60 Å². The van der Waals surface area contributed by atoms with Gasteiger partial charge in [-0.15, -0.1) is 0 Å². The molecule has 0 aromatic carbocycles. The summed E-state index contributed by atoms with van der Waals surface area (Å²) in [7, 11) is 0. The van der Waals surface area contributed by atoms with E-state index in [1.807, 2.05) is 33.0 Å². The first kappa shape index (κ1) is 20.1. The second-order valence-electron chi connectivity index (χ2n) is 8.93. The van der Waals surface area contributed by atoms with Crippen LogP contribution in [0, 0.1) is 0 Å². The third kappa shape index (κ3) is 5.01. The molecule has 150 valence electrons. The maximum atomic E-state index is 12.8. The molecule has 1 aliphatic carbocycles. The van der Waals surface area contributed by atoms with Gasteiger partial charge in [-0.1, -0.05) is 19.4 Å². The number of likely N-dealkylation sites (tertiary alicyclic amines) is 1. The molecule has 1 amide bonds. The number of carbonyl (C=O) groups excluding carboxylic acids is 1. The van der Waals surface area contributed by atoms with E-state index in [-0.39, 0.29) is 12.1 Å². The van der Waals surface area contributed by atoms with Crippen molar-refractivity contribution < 1.29 is 9.53 Å². The van der Waals surface area contributed by atoms with Crippen molar-refractivity contribution in [2.75, 3.05) is 18.0 Å². The number of anilines is 1. The Balaban J connectivity index is 1.74. The summed E-state index contributed by atoms with van der Waals surface area (Å²) in [5.41, 5.74) is 0.771. The smallest absolute Gasteiger partial charge is 0.416 e. The molecule has 0 radical (unpaired) electrons. The van der Waals surface area contributed by atoms with Crippen LogP contribution < -0.4 is 4.90 Å². The lowest BCUT2D eigenvalue weighted by Gasteiger charge is -2.37. The SMILES string of the molecule is CCCCN1CCCC1c1ccc(N(C(=O)OC(C)(C)C)C2CCC2)nc1. The summed E-state index contributed by atoms with van der Waals surface area (Å²) in [5, 5.41) is 0. The molecule has 2 fully saturated rings. The molecule has 1 aliphatic heterocycles. The lowest BCUT2D eigenvalue weighted by molar-refractivity contribution is 0.0548. The average Bonchev–Trinajstić information content (AvgIpc) is 3.03. The molecular formula is C22H35N3O2. The Morgan fingerprint density at radius 2 is 2.04 bits per heavy atom. The van der Waals surface area contributed by atoms with E-state index in [2.05, 4.69) is 17.9 Å². The van der Waals surface area contributed by atoms with Gasteiger partial charge in [0.25, 0.3) is 0 Å². The molecule has 0 spiro atoms. The van der Waals surface area contributed by atoms with Gasteiger partial charge >= 0.3 is 6.09 Å². The zero-order valence-electron chi connectivity index (χ0n) is 17.4. The van der Waals surface area contributed by atoms with Crippen molar-refractivity contribution in [1.29, 1.82) is 0 Å². The van der Waals surface area contributed by atoms with E-state index in [0.717, 1.165) is 31.6 Å². The first-order chi connectivity index (χ1) is 12.9. The van der Waals surface area contributed by atoms with Gasteiger partial charge in [-0.05, 0) is 84.0 Å². The van der Waals surface area contributed by atoms with Gasteiger partial charge in [0.2, 0.25) is 0 Å². The predicted molar refractivity (Wildman–Crippen MR) is 109 cm³/mol. The van der Waals surface area contributed by atoms with E-state index in [4.69, 9.17) is 9.72 Å². The van der Waals surface area contributed by atoms with Crippen molar-refractivity contribution in [3.8, 4) is 0 Å². The second-order valence-corrected chi connectivity index (χ2v) is 8.93. The van der Waals surface area contributed by atoms with Crippen LogP contribution in [0.15, 0.2) is 18.3 Å². The molecule has 1 atom stereocenters. The fourth-order valence-electron chi connectivity index (χ4n) is 3.96. The van der Waals surface area contributed by atoms with Gasteiger partial charge in [-0.2, -0.15) is 0 Å². The quantitative estimate of drug-likeness (QED) is 0.678. The van der Waals surface area contributed by atoms with Gasteiger partial charge < -0.3 is 4.74 Å². The number of aromatic nitrogens is 1. The molecule has 1 saturated heterocycles. The topological polar surface area (TPSA) is 45.7 Å². The number of ether oxygens (including phenoxy) is 1. The predicted octanol–water partition coefficient (Wildman–Crippen LogP) is 5.31. The van der Waals surface area contributed by atoms with Crippen molar-refractivity contribution in [3.63, 3.8) is 0 Å². The molecule has 1 saturated carbocycles. The number of unbranched alkanes of at least 4 members (excludes halogenated alkanes) is 1. The summed E-state index contributed by atoms with van der Waals surface area (Å²) < 4.78 is 5.64. The van der Waals surface area contributed by atoms with Gasteiger partial charge in [0, 0.05) is 18.3 Å². The molecule has 1 aromatic rings. The molecule has 1 aromatic heterocycles. The fraction of sp³-hybridized carbons (Fsp3) is 0.727. The third-order valence-corrected chi connectivity index (χ3v) is 5.59. The molecule has 5 nitrogen and oxygen atoms in total. The highest BCUT2D eigenvalue weighted by Crippen LogP contribution is 2.34. The van der Waals surface area contributed by atoms with Crippen LogP contribution in [0.1, 0.15) is 84.2 Å². The van der Waals surface area contributed by atoms with Crippen LogP contribution in [0.4, 0.5) is 10.6 Å². The van der Waals surface area contributed by atoms with Crippen molar-refractivity contribution in [2.24, 2.45) is 0 Å². The molecule has 27 heavy (non-hydrogen) atoms. The van der Waals surface area contributed by atoms with E-state index >= 15 is 0 Å². The minimum Gasteiger partial charge on any atom is -0.443 e. The summed E-state index contributed by atoms with van der Waals surface area (Å²) >= 11 is 0. The van der Waals surface area contributed by atoms with Crippen molar-refractivity contribution in [1.82, 2.24) is 9.88 Å². The number of rotatable bonds is 6. The number of carbonyl (C=O) groups is 1. The zero-order valence-corrected chi connectivity index (χ0v) is 17.4. The van der Waals surface area contributed by atoms with Crippen molar-refractivity contribution in [2.45, 2.75) is 90.3 Å². The lowest BCUT2D eigenvalue weighted by Crippen LogP contribution is -2.47. The Kier molecular flexibility index (Phi) is 6.40. The Bertz CT molecular complexity index is 619. The highest BCUT2D eigenvalue weighted by atomic mass is 16.6. The van der Waals surface area contributed by atoms with Gasteiger partial charge in [-0.3, -0.25) is 9.80 Å². The third-order valence-electron chi connectivity index (χ3n) is 5.59. The normalized spacial score (nSPS) is 21.1. The maximum Gasteiger partial charge on any atom is 0.416 e. The van der Waals surface area contributed by atoms with Crippen LogP contribution in [-0.2, 0) is 4.74 Å².